The Bertz CT molecular complexity index is 1170. The van der Waals surface area contributed by atoms with Gasteiger partial charge in [-0.05, 0) is 51.0 Å². The number of rotatable bonds is 5. The molecule has 1 amide bonds. The molecule has 0 saturated carbocycles. The van der Waals surface area contributed by atoms with Gasteiger partial charge in [-0.1, -0.05) is 16.5 Å². The fraction of sp³-hybridized carbons (Fsp3) is 0.333. The molecule has 9 nitrogen and oxygen atoms in total. The summed E-state index contributed by atoms with van der Waals surface area (Å²) in [6, 6.07) is 4.82. The molecule has 0 aliphatic carbocycles. The molecule has 1 aliphatic rings. The Balaban J connectivity index is 1.56. The van der Waals surface area contributed by atoms with Gasteiger partial charge in [-0.25, -0.2) is 12.8 Å². The number of hydrogen-bond acceptors (Lipinski definition) is 8. The number of carbonyl (C=O) groups is 1. The number of anilines is 1. The summed E-state index contributed by atoms with van der Waals surface area (Å²) in [5, 5.41) is 14.9. The van der Waals surface area contributed by atoms with Crippen molar-refractivity contribution in [2.24, 2.45) is 0 Å². The van der Waals surface area contributed by atoms with Gasteiger partial charge in [-0.3, -0.25) is 4.79 Å². The first kappa shape index (κ1) is 20.6. The first-order chi connectivity index (χ1) is 14.3. The Hall–Kier alpha value is -2.70. The molecule has 30 heavy (non-hydrogen) atoms. The highest BCUT2D eigenvalue weighted by Gasteiger charge is 2.41. The van der Waals surface area contributed by atoms with Gasteiger partial charge in [0.25, 0.3) is 5.91 Å². The van der Waals surface area contributed by atoms with E-state index >= 15 is 0 Å². The van der Waals surface area contributed by atoms with Gasteiger partial charge in [0.1, 0.15) is 21.4 Å². The van der Waals surface area contributed by atoms with Crippen LogP contribution in [0.15, 0.2) is 33.7 Å². The fourth-order valence-corrected chi connectivity index (χ4v) is 6.32. The Morgan fingerprint density at radius 1 is 1.27 bits per heavy atom. The second-order valence-electron chi connectivity index (χ2n) is 6.83. The maximum absolute atomic E-state index is 13.2. The smallest absolute Gasteiger partial charge is 0.286 e. The number of amides is 1. The van der Waals surface area contributed by atoms with E-state index in [2.05, 4.69) is 20.7 Å². The zero-order valence-corrected chi connectivity index (χ0v) is 17.8. The fourth-order valence-electron chi connectivity index (χ4n) is 3.41. The van der Waals surface area contributed by atoms with Gasteiger partial charge >= 0.3 is 0 Å². The summed E-state index contributed by atoms with van der Waals surface area (Å²) in [4.78, 5) is 12.5. The lowest BCUT2D eigenvalue weighted by Gasteiger charge is -2.21. The van der Waals surface area contributed by atoms with Crippen LogP contribution in [0.1, 0.15) is 45.1 Å². The molecule has 158 valence electrons. The lowest BCUT2D eigenvalue weighted by molar-refractivity contribution is 0.102. The molecule has 2 aromatic heterocycles. The zero-order chi connectivity index (χ0) is 21.5. The van der Waals surface area contributed by atoms with E-state index in [1.165, 1.54) is 28.6 Å². The lowest BCUT2D eigenvalue weighted by atomic mass is 10.2. The topological polar surface area (TPSA) is 118 Å². The molecule has 1 aromatic carbocycles. The van der Waals surface area contributed by atoms with Crippen LogP contribution in [-0.2, 0) is 10.0 Å². The molecule has 3 aromatic rings. The van der Waals surface area contributed by atoms with Crippen molar-refractivity contribution in [3.63, 3.8) is 0 Å². The summed E-state index contributed by atoms with van der Waals surface area (Å²) in [6.45, 7) is 3.46. The summed E-state index contributed by atoms with van der Waals surface area (Å²) in [5.41, 5.74) is 0.719. The van der Waals surface area contributed by atoms with E-state index in [4.69, 9.17) is 4.52 Å². The van der Waals surface area contributed by atoms with Crippen molar-refractivity contribution in [1.29, 1.82) is 0 Å². The normalized spacial score (nSPS) is 17.4. The van der Waals surface area contributed by atoms with Gasteiger partial charge in [-0.15, -0.1) is 10.2 Å². The highest BCUT2D eigenvalue weighted by molar-refractivity contribution is 7.89. The number of benzene rings is 1. The highest BCUT2D eigenvalue weighted by Crippen LogP contribution is 2.39. The zero-order valence-electron chi connectivity index (χ0n) is 16.1. The first-order valence-corrected chi connectivity index (χ1v) is 11.4. The van der Waals surface area contributed by atoms with Crippen molar-refractivity contribution < 1.29 is 22.1 Å². The van der Waals surface area contributed by atoms with Crippen LogP contribution in [0.5, 0.6) is 0 Å². The van der Waals surface area contributed by atoms with E-state index in [0.29, 0.717) is 35.8 Å². The average Bonchev–Trinajstić information content (AvgIpc) is 3.43. The van der Waals surface area contributed by atoms with Gasteiger partial charge in [0, 0.05) is 12.2 Å². The van der Waals surface area contributed by atoms with Crippen LogP contribution in [0.25, 0.3) is 0 Å². The Labute approximate surface area is 176 Å². The van der Waals surface area contributed by atoms with Crippen molar-refractivity contribution in [3.05, 3.63) is 51.6 Å². The molecule has 12 heteroatoms. The molecule has 1 N–H and O–H groups in total. The van der Waals surface area contributed by atoms with Gasteiger partial charge in [0.2, 0.25) is 15.0 Å². The van der Waals surface area contributed by atoms with Gasteiger partial charge < -0.3 is 9.84 Å². The van der Waals surface area contributed by atoms with E-state index in [1.54, 1.807) is 13.8 Å². The second kappa shape index (κ2) is 7.85. The van der Waals surface area contributed by atoms with Crippen molar-refractivity contribution in [3.8, 4) is 0 Å². The van der Waals surface area contributed by atoms with Crippen LogP contribution in [0.2, 0.25) is 0 Å². The molecule has 1 atom stereocenters. The van der Waals surface area contributed by atoms with Crippen LogP contribution in [0.3, 0.4) is 0 Å². The van der Waals surface area contributed by atoms with Crippen molar-refractivity contribution in [2.45, 2.75) is 37.6 Å². The number of aryl methyl sites for hydroxylation is 2. The molecule has 1 fully saturated rings. The molecule has 1 aliphatic heterocycles. The minimum Gasteiger partial charge on any atom is -0.360 e. The minimum absolute atomic E-state index is 0.0631. The lowest BCUT2D eigenvalue weighted by Crippen LogP contribution is -2.31. The third kappa shape index (κ3) is 3.73. The number of aromatic nitrogens is 3. The summed E-state index contributed by atoms with van der Waals surface area (Å²) >= 11 is 1.03. The van der Waals surface area contributed by atoms with E-state index in [0.717, 1.165) is 11.3 Å². The molecule has 1 saturated heterocycles. The molecular formula is C18H18FN5O4S2. The van der Waals surface area contributed by atoms with Crippen molar-refractivity contribution in [1.82, 2.24) is 19.7 Å². The van der Waals surface area contributed by atoms with Crippen LogP contribution in [-0.4, -0.2) is 40.5 Å². The third-order valence-corrected chi connectivity index (χ3v) is 7.94. The predicted molar refractivity (Wildman–Crippen MR) is 106 cm³/mol. The number of hydrogen-bond donors (Lipinski definition) is 1. The van der Waals surface area contributed by atoms with Crippen molar-refractivity contribution in [2.75, 3.05) is 11.9 Å². The maximum Gasteiger partial charge on any atom is 0.286 e. The van der Waals surface area contributed by atoms with Gasteiger partial charge in [0.15, 0.2) is 5.76 Å². The highest BCUT2D eigenvalue weighted by atomic mass is 32.2. The minimum atomic E-state index is -3.84. The second-order valence-corrected chi connectivity index (χ2v) is 9.67. The van der Waals surface area contributed by atoms with Crippen LogP contribution in [0, 0.1) is 19.7 Å². The molecular weight excluding hydrogens is 433 g/mol. The Morgan fingerprint density at radius 3 is 2.67 bits per heavy atom. The quantitative estimate of drug-likeness (QED) is 0.633. The Kier molecular flexibility index (Phi) is 5.38. The molecule has 0 bridgehead atoms. The number of sulfonamides is 1. The van der Waals surface area contributed by atoms with E-state index in [-0.39, 0.29) is 15.7 Å². The molecule has 4 rings (SSSR count). The largest absolute Gasteiger partial charge is 0.360 e. The standard InChI is InChI=1S/C18H18FN5O4S2/c1-10-15(11(2)28-23-10)30(26,27)24-9-3-4-14(24)17-21-22-18(29-17)16(25)20-13-7-5-12(19)6-8-13/h5-8,14H,3-4,9H2,1-2H3,(H,20,25)/t14-/m1/s1. The molecule has 0 unspecified atom stereocenters. The molecule has 3 heterocycles. The summed E-state index contributed by atoms with van der Waals surface area (Å²) < 4.78 is 45.8. The predicted octanol–water partition coefficient (Wildman–Crippen LogP) is 3.06. The third-order valence-electron chi connectivity index (χ3n) is 4.76. The van der Waals surface area contributed by atoms with Crippen LogP contribution < -0.4 is 5.32 Å². The van der Waals surface area contributed by atoms with Gasteiger partial charge in [-0.2, -0.15) is 4.31 Å². The summed E-state index contributed by atoms with van der Waals surface area (Å²) in [6.07, 6.45) is 1.22. The van der Waals surface area contributed by atoms with Crippen LogP contribution >= 0.6 is 11.3 Å². The van der Waals surface area contributed by atoms with Crippen molar-refractivity contribution >= 4 is 33.0 Å². The van der Waals surface area contributed by atoms with E-state index < -0.39 is 27.8 Å². The maximum atomic E-state index is 13.2. The van der Waals surface area contributed by atoms with E-state index in [1.807, 2.05) is 0 Å². The Morgan fingerprint density at radius 2 is 2.00 bits per heavy atom. The first-order valence-electron chi connectivity index (χ1n) is 9.12. The molecule has 0 radical (unpaired) electrons. The number of halogens is 1. The summed E-state index contributed by atoms with van der Waals surface area (Å²) in [7, 11) is -3.84. The van der Waals surface area contributed by atoms with Crippen LogP contribution in [0.4, 0.5) is 10.1 Å². The average molecular weight is 452 g/mol. The van der Waals surface area contributed by atoms with E-state index in [9.17, 15) is 17.6 Å². The monoisotopic (exact) mass is 451 g/mol. The summed E-state index contributed by atoms with van der Waals surface area (Å²) in [5.74, 6) is -0.676. The SMILES string of the molecule is Cc1noc(C)c1S(=O)(=O)N1CCC[C@@H]1c1nnc(C(=O)Nc2ccc(F)cc2)s1. The number of nitrogens with zero attached hydrogens (tertiary/aromatic N) is 4. The number of nitrogens with one attached hydrogen (secondary N) is 1. The van der Waals surface area contributed by atoms with Gasteiger partial charge in [0.05, 0.1) is 6.04 Å². The molecule has 0 spiro atoms. The number of carbonyl (C=O) groups excluding carboxylic acids is 1.